The first-order valence-electron chi connectivity index (χ1n) is 3.06. The Bertz CT molecular complexity index is 220. The lowest BCUT2D eigenvalue weighted by atomic mass is 10.1. The molecule has 5 nitrogen and oxygen atoms in total. The van der Waals surface area contributed by atoms with Crippen molar-refractivity contribution >= 4 is 5.95 Å². The normalized spacial score (nSPS) is 11.9. The minimum Gasteiger partial charge on any atom is -0.365 e. The highest BCUT2D eigenvalue weighted by atomic mass is 15.6. The maximum atomic E-state index is 5.27. The van der Waals surface area contributed by atoms with Gasteiger partial charge in [-0.15, -0.1) is 5.10 Å². The predicted molar refractivity (Wildman–Crippen MR) is 37.2 cm³/mol. The van der Waals surface area contributed by atoms with Gasteiger partial charge < -0.3 is 5.73 Å². The topological polar surface area (TPSA) is 69.6 Å². The van der Waals surface area contributed by atoms with Gasteiger partial charge in [0.05, 0.1) is 5.54 Å². The van der Waals surface area contributed by atoms with Crippen molar-refractivity contribution in [1.29, 1.82) is 0 Å². The van der Waals surface area contributed by atoms with E-state index in [0.29, 0.717) is 0 Å². The quantitative estimate of drug-likeness (QED) is 0.552. The van der Waals surface area contributed by atoms with Crippen LogP contribution in [-0.2, 0) is 5.54 Å². The van der Waals surface area contributed by atoms with Gasteiger partial charge in [-0.1, -0.05) is 5.10 Å². The SMILES string of the molecule is CC(C)(C)n1nnc(N)n1. The van der Waals surface area contributed by atoms with Crippen LogP contribution in [0.2, 0.25) is 0 Å². The van der Waals surface area contributed by atoms with E-state index >= 15 is 0 Å². The number of rotatable bonds is 0. The van der Waals surface area contributed by atoms with Crippen LogP contribution in [-0.4, -0.2) is 20.2 Å². The molecule has 1 aromatic heterocycles. The summed E-state index contributed by atoms with van der Waals surface area (Å²) in [5, 5.41) is 11.1. The zero-order valence-electron chi connectivity index (χ0n) is 6.37. The van der Waals surface area contributed by atoms with Gasteiger partial charge in [-0.25, -0.2) is 0 Å². The number of tetrazole rings is 1. The second-order valence-electron chi connectivity index (χ2n) is 3.11. The van der Waals surface area contributed by atoms with Gasteiger partial charge in [0.2, 0.25) is 0 Å². The minimum absolute atomic E-state index is 0.134. The zero-order valence-corrected chi connectivity index (χ0v) is 6.37. The fourth-order valence-corrected chi connectivity index (χ4v) is 0.509. The first-order chi connectivity index (χ1) is 4.50. The highest BCUT2D eigenvalue weighted by Crippen LogP contribution is 2.08. The molecule has 0 spiro atoms. The number of nitrogens with two attached hydrogens (primary N) is 1. The summed E-state index contributed by atoms with van der Waals surface area (Å²) < 4.78 is 0. The van der Waals surface area contributed by atoms with E-state index in [2.05, 4.69) is 15.4 Å². The van der Waals surface area contributed by atoms with E-state index in [1.165, 1.54) is 4.80 Å². The van der Waals surface area contributed by atoms with Crippen molar-refractivity contribution in [3.8, 4) is 0 Å². The molecule has 2 N–H and O–H groups in total. The van der Waals surface area contributed by atoms with Crippen LogP contribution in [0.4, 0.5) is 5.95 Å². The molecule has 5 heteroatoms. The van der Waals surface area contributed by atoms with Crippen molar-refractivity contribution in [2.45, 2.75) is 26.3 Å². The van der Waals surface area contributed by atoms with Crippen LogP contribution in [0.3, 0.4) is 0 Å². The molecule has 0 unspecified atom stereocenters. The van der Waals surface area contributed by atoms with E-state index in [-0.39, 0.29) is 11.5 Å². The number of aromatic nitrogens is 4. The van der Waals surface area contributed by atoms with Crippen molar-refractivity contribution in [3.05, 3.63) is 0 Å². The Morgan fingerprint density at radius 3 is 2.20 bits per heavy atom. The van der Waals surface area contributed by atoms with Gasteiger partial charge in [-0.3, -0.25) is 0 Å². The Kier molecular flexibility index (Phi) is 1.35. The summed E-state index contributed by atoms with van der Waals surface area (Å²) >= 11 is 0. The number of nitrogen functional groups attached to an aromatic ring is 1. The van der Waals surface area contributed by atoms with Crippen LogP contribution in [0.25, 0.3) is 0 Å². The number of hydrogen-bond donors (Lipinski definition) is 1. The molecule has 0 bridgehead atoms. The lowest BCUT2D eigenvalue weighted by Crippen LogP contribution is -2.24. The van der Waals surface area contributed by atoms with Gasteiger partial charge in [0.1, 0.15) is 0 Å². The van der Waals surface area contributed by atoms with E-state index in [1.54, 1.807) is 0 Å². The molecular weight excluding hydrogens is 130 g/mol. The number of anilines is 1. The van der Waals surface area contributed by atoms with Crippen molar-refractivity contribution in [1.82, 2.24) is 20.2 Å². The number of nitrogens with zero attached hydrogens (tertiary/aromatic N) is 4. The third kappa shape index (κ3) is 1.23. The van der Waals surface area contributed by atoms with Crippen molar-refractivity contribution in [3.63, 3.8) is 0 Å². The average Bonchev–Trinajstić information content (AvgIpc) is 2.11. The molecule has 0 saturated heterocycles. The van der Waals surface area contributed by atoms with Crippen LogP contribution in [0, 0.1) is 0 Å². The molecule has 0 saturated carbocycles. The number of hydrogen-bond acceptors (Lipinski definition) is 4. The molecule has 0 aromatic carbocycles. The Hall–Kier alpha value is -1.13. The van der Waals surface area contributed by atoms with Crippen molar-refractivity contribution < 1.29 is 0 Å². The van der Waals surface area contributed by atoms with Gasteiger partial charge in [-0.05, 0) is 26.0 Å². The fourth-order valence-electron chi connectivity index (χ4n) is 0.509. The summed E-state index contributed by atoms with van der Waals surface area (Å²) in [5.74, 6) is 0.218. The Balaban J connectivity index is 2.96. The van der Waals surface area contributed by atoms with E-state index in [9.17, 15) is 0 Å². The summed E-state index contributed by atoms with van der Waals surface area (Å²) in [7, 11) is 0. The first-order valence-corrected chi connectivity index (χ1v) is 3.06. The summed E-state index contributed by atoms with van der Waals surface area (Å²) in [6.45, 7) is 5.94. The third-order valence-corrected chi connectivity index (χ3v) is 1.03. The monoisotopic (exact) mass is 141 g/mol. The third-order valence-electron chi connectivity index (χ3n) is 1.03. The summed E-state index contributed by atoms with van der Waals surface area (Å²) in [6, 6.07) is 0. The molecule has 1 aromatic rings. The lowest BCUT2D eigenvalue weighted by molar-refractivity contribution is 0.306. The van der Waals surface area contributed by atoms with Crippen molar-refractivity contribution in [2.24, 2.45) is 0 Å². The molecule has 1 heterocycles. The van der Waals surface area contributed by atoms with Gasteiger partial charge in [0.15, 0.2) is 0 Å². The second kappa shape index (κ2) is 1.93. The summed E-state index contributed by atoms with van der Waals surface area (Å²) in [6.07, 6.45) is 0. The Labute approximate surface area is 59.2 Å². The zero-order chi connectivity index (χ0) is 7.78. The average molecular weight is 141 g/mol. The molecule has 0 fully saturated rings. The van der Waals surface area contributed by atoms with Gasteiger partial charge in [0, 0.05) is 0 Å². The molecule has 0 atom stereocenters. The smallest absolute Gasteiger partial charge is 0.260 e. The van der Waals surface area contributed by atoms with Crippen LogP contribution in [0.5, 0.6) is 0 Å². The van der Waals surface area contributed by atoms with Crippen molar-refractivity contribution in [2.75, 3.05) is 5.73 Å². The maximum Gasteiger partial charge on any atom is 0.260 e. The van der Waals surface area contributed by atoms with E-state index < -0.39 is 0 Å². The van der Waals surface area contributed by atoms with Crippen LogP contribution >= 0.6 is 0 Å². The molecular formula is C5H11N5. The standard InChI is InChI=1S/C5H11N5/c1-5(2,3)10-8-4(6)7-9-10/h1-3H3,(H2,6,8). The highest BCUT2D eigenvalue weighted by Gasteiger charge is 2.15. The first kappa shape index (κ1) is 6.98. The minimum atomic E-state index is -0.134. The molecule has 0 aliphatic carbocycles. The highest BCUT2D eigenvalue weighted by molar-refractivity contribution is 5.06. The van der Waals surface area contributed by atoms with Crippen LogP contribution in [0.1, 0.15) is 20.8 Å². The van der Waals surface area contributed by atoms with E-state index in [0.717, 1.165) is 0 Å². The lowest BCUT2D eigenvalue weighted by Gasteiger charge is -2.14. The summed E-state index contributed by atoms with van der Waals surface area (Å²) in [4.78, 5) is 1.49. The van der Waals surface area contributed by atoms with Gasteiger partial charge >= 0.3 is 0 Å². The molecule has 1 rings (SSSR count). The van der Waals surface area contributed by atoms with Crippen LogP contribution < -0.4 is 5.73 Å². The fraction of sp³-hybridized carbons (Fsp3) is 0.800. The molecule has 10 heavy (non-hydrogen) atoms. The van der Waals surface area contributed by atoms with E-state index in [4.69, 9.17) is 5.73 Å². The van der Waals surface area contributed by atoms with Crippen LogP contribution in [0.15, 0.2) is 0 Å². The largest absolute Gasteiger partial charge is 0.365 e. The molecule has 0 radical (unpaired) electrons. The molecule has 0 aliphatic heterocycles. The Morgan fingerprint density at radius 2 is 2.00 bits per heavy atom. The van der Waals surface area contributed by atoms with E-state index in [1.807, 2.05) is 20.8 Å². The Morgan fingerprint density at radius 1 is 1.40 bits per heavy atom. The van der Waals surface area contributed by atoms with Gasteiger partial charge in [-0.2, -0.15) is 4.80 Å². The molecule has 0 amide bonds. The summed E-state index contributed by atoms with van der Waals surface area (Å²) in [5.41, 5.74) is 5.14. The molecule has 0 aliphatic rings. The second-order valence-corrected chi connectivity index (χ2v) is 3.11. The molecule has 56 valence electrons. The van der Waals surface area contributed by atoms with Gasteiger partial charge in [0.25, 0.3) is 5.95 Å². The predicted octanol–water partition coefficient (Wildman–Crippen LogP) is 0.0103. The maximum absolute atomic E-state index is 5.27.